The SMILES string of the molecule is CCC(OC(=O)O[C@@]1(C(=O)O)[C@H](C)C[C@H]2[C@@H]3C[C@H](F)C4=CC(=O)C=C[C@]4(C)C3(F)[C@@H](O)C[C@@]21C)C1CCCC1. The molecule has 2 N–H and O–H groups in total. The van der Waals surface area contributed by atoms with Gasteiger partial charge >= 0.3 is 12.1 Å². The molecule has 5 aliphatic rings. The minimum atomic E-state index is -2.34. The van der Waals surface area contributed by atoms with Gasteiger partial charge in [-0.05, 0) is 75.0 Å². The number of ketones is 1. The molecule has 10 atom stereocenters. The van der Waals surface area contributed by atoms with Gasteiger partial charge in [0.15, 0.2) is 11.5 Å². The van der Waals surface area contributed by atoms with Crippen LogP contribution in [0.25, 0.3) is 0 Å². The maximum Gasteiger partial charge on any atom is 0.509 e. The van der Waals surface area contributed by atoms with Crippen LogP contribution in [0.4, 0.5) is 13.6 Å². The molecule has 4 fully saturated rings. The maximum absolute atomic E-state index is 17.4. The number of allylic oxidation sites excluding steroid dienone is 4. The predicted molar refractivity (Wildman–Crippen MR) is 137 cm³/mol. The molecule has 0 aliphatic heterocycles. The molecule has 5 aliphatic carbocycles. The Hall–Kier alpha value is -2.29. The highest BCUT2D eigenvalue weighted by Gasteiger charge is 2.78. The number of carbonyl (C=O) groups excluding carboxylic acids is 2. The average molecular weight is 551 g/mol. The summed E-state index contributed by atoms with van der Waals surface area (Å²) < 4.78 is 44.5. The highest BCUT2D eigenvalue weighted by molar-refractivity contribution is 6.01. The number of aliphatic hydroxyl groups excluding tert-OH is 1. The molecule has 0 saturated heterocycles. The van der Waals surface area contributed by atoms with Gasteiger partial charge in [0.1, 0.15) is 12.3 Å². The van der Waals surface area contributed by atoms with Crippen molar-refractivity contribution in [3.05, 3.63) is 23.8 Å². The van der Waals surface area contributed by atoms with E-state index in [1.807, 2.05) is 6.92 Å². The lowest BCUT2D eigenvalue weighted by Crippen LogP contribution is -2.71. The summed E-state index contributed by atoms with van der Waals surface area (Å²) in [5, 5.41) is 22.1. The second-order valence-corrected chi connectivity index (χ2v) is 13.0. The zero-order valence-corrected chi connectivity index (χ0v) is 23.1. The Kier molecular flexibility index (Phi) is 6.80. The second-order valence-electron chi connectivity index (χ2n) is 13.0. The van der Waals surface area contributed by atoms with Crippen molar-refractivity contribution in [3.8, 4) is 0 Å². The fourth-order valence-electron chi connectivity index (χ4n) is 9.36. The van der Waals surface area contributed by atoms with E-state index in [0.717, 1.165) is 31.8 Å². The third-order valence-corrected chi connectivity index (χ3v) is 11.3. The summed E-state index contributed by atoms with van der Waals surface area (Å²) in [5.74, 6) is -4.14. The monoisotopic (exact) mass is 550 g/mol. The number of carbonyl (C=O) groups is 3. The molecule has 0 aromatic carbocycles. The van der Waals surface area contributed by atoms with E-state index in [1.165, 1.54) is 19.1 Å². The zero-order valence-electron chi connectivity index (χ0n) is 23.1. The lowest BCUT2D eigenvalue weighted by Gasteiger charge is -2.62. The van der Waals surface area contributed by atoms with Gasteiger partial charge in [0.25, 0.3) is 0 Å². The zero-order chi connectivity index (χ0) is 28.5. The Balaban J connectivity index is 1.51. The van der Waals surface area contributed by atoms with Crippen LogP contribution in [0.1, 0.15) is 79.1 Å². The van der Waals surface area contributed by atoms with Crippen LogP contribution in [0.15, 0.2) is 23.8 Å². The number of aliphatic carboxylic acids is 1. The van der Waals surface area contributed by atoms with Crippen molar-refractivity contribution in [2.75, 3.05) is 0 Å². The molecule has 7 nitrogen and oxygen atoms in total. The van der Waals surface area contributed by atoms with Gasteiger partial charge in [0, 0.05) is 22.7 Å². The fourth-order valence-corrected chi connectivity index (χ4v) is 9.36. The van der Waals surface area contributed by atoms with E-state index in [0.29, 0.717) is 6.42 Å². The van der Waals surface area contributed by atoms with Crippen LogP contribution < -0.4 is 0 Å². The number of hydrogen-bond acceptors (Lipinski definition) is 6. The molecule has 0 spiro atoms. The highest BCUT2D eigenvalue weighted by atomic mass is 19.1. The smallest absolute Gasteiger partial charge is 0.478 e. The lowest BCUT2D eigenvalue weighted by molar-refractivity contribution is -0.232. The summed E-state index contributed by atoms with van der Waals surface area (Å²) in [7, 11) is 0. The number of aliphatic hydroxyl groups is 1. The summed E-state index contributed by atoms with van der Waals surface area (Å²) in [6, 6.07) is 0. The molecule has 0 aromatic rings. The van der Waals surface area contributed by atoms with Crippen molar-refractivity contribution in [2.24, 2.45) is 34.5 Å². The Morgan fingerprint density at radius 2 is 1.85 bits per heavy atom. The first-order valence-corrected chi connectivity index (χ1v) is 14.4. The van der Waals surface area contributed by atoms with Crippen molar-refractivity contribution in [2.45, 2.75) is 109 Å². The van der Waals surface area contributed by atoms with Crippen LogP contribution >= 0.6 is 0 Å². The van der Waals surface area contributed by atoms with Gasteiger partial charge in [-0.15, -0.1) is 0 Å². The molecule has 2 unspecified atom stereocenters. The maximum atomic E-state index is 17.4. The van der Waals surface area contributed by atoms with Crippen molar-refractivity contribution in [1.29, 1.82) is 0 Å². The molecule has 9 heteroatoms. The lowest BCUT2D eigenvalue weighted by atomic mass is 9.44. The second kappa shape index (κ2) is 9.38. The predicted octanol–water partition coefficient (Wildman–Crippen LogP) is 5.50. The number of hydrogen-bond donors (Lipinski definition) is 2. The standard InChI is InChI=1S/C30H40F2O7/c1-5-23(17-8-6-7-9-17)38-26(37)39-30(25(35)36)16(2)12-19-20-14-22(31)21-13-18(33)10-11-27(21,3)29(20,32)24(34)15-28(19,30)4/h10-11,13,16-17,19-20,22-24,34H,5-9,12,14-15H2,1-4H3,(H,35,36)/t16-,19+,20+,22+,23?,24+,27+,28+,29?,30-/m1/s1. The van der Waals surface area contributed by atoms with E-state index in [-0.39, 0.29) is 30.8 Å². The van der Waals surface area contributed by atoms with Crippen LogP contribution in [0.3, 0.4) is 0 Å². The molecule has 0 amide bonds. The number of halogens is 2. The third-order valence-electron chi connectivity index (χ3n) is 11.3. The first-order chi connectivity index (χ1) is 18.3. The number of carboxylic acid groups (broad SMARTS) is 1. The summed E-state index contributed by atoms with van der Waals surface area (Å²) in [6.07, 6.45) is 2.97. The first kappa shape index (κ1) is 28.2. The Morgan fingerprint density at radius 1 is 1.18 bits per heavy atom. The van der Waals surface area contributed by atoms with Gasteiger partial charge in [-0.25, -0.2) is 18.4 Å². The van der Waals surface area contributed by atoms with Crippen LogP contribution in [-0.4, -0.2) is 57.8 Å². The Bertz CT molecular complexity index is 1110. The van der Waals surface area contributed by atoms with Crippen LogP contribution in [0, 0.1) is 34.5 Å². The average Bonchev–Trinajstić information content (AvgIpc) is 3.47. The molecule has 0 radical (unpaired) electrons. The molecule has 216 valence electrons. The number of alkyl halides is 2. The quantitative estimate of drug-likeness (QED) is 0.435. The number of fused-ring (bicyclic) bond motifs is 5. The number of ether oxygens (including phenoxy) is 2. The van der Waals surface area contributed by atoms with Crippen molar-refractivity contribution < 1.29 is 42.9 Å². The Labute approximate surface area is 228 Å². The largest absolute Gasteiger partial charge is 0.509 e. The van der Waals surface area contributed by atoms with E-state index >= 15 is 8.78 Å². The van der Waals surface area contributed by atoms with E-state index in [4.69, 9.17) is 9.47 Å². The van der Waals surface area contributed by atoms with Crippen molar-refractivity contribution in [1.82, 2.24) is 0 Å². The minimum absolute atomic E-state index is 0.00398. The highest BCUT2D eigenvalue weighted by Crippen LogP contribution is 2.71. The van der Waals surface area contributed by atoms with Gasteiger partial charge in [0.05, 0.1) is 6.10 Å². The fraction of sp³-hybridized carbons (Fsp3) is 0.767. The minimum Gasteiger partial charge on any atom is -0.478 e. The molecular weight excluding hydrogens is 510 g/mol. The van der Waals surface area contributed by atoms with Gasteiger partial charge in [-0.1, -0.05) is 39.7 Å². The van der Waals surface area contributed by atoms with Crippen LogP contribution in [0.2, 0.25) is 0 Å². The summed E-state index contributed by atoms with van der Waals surface area (Å²) in [4.78, 5) is 38.3. The Morgan fingerprint density at radius 3 is 2.46 bits per heavy atom. The van der Waals surface area contributed by atoms with Crippen LogP contribution in [-0.2, 0) is 19.1 Å². The summed E-state index contributed by atoms with van der Waals surface area (Å²) in [5.41, 5.74) is -7.39. The number of rotatable bonds is 5. The topological polar surface area (TPSA) is 110 Å². The molecule has 4 saturated carbocycles. The van der Waals surface area contributed by atoms with Crippen molar-refractivity contribution in [3.63, 3.8) is 0 Å². The molecule has 0 heterocycles. The van der Waals surface area contributed by atoms with E-state index < -0.39 is 76.1 Å². The molecule has 0 aromatic heterocycles. The normalized spacial score (nSPS) is 46.1. The van der Waals surface area contributed by atoms with Gasteiger partial charge in [-0.3, -0.25) is 4.79 Å². The molecule has 5 rings (SSSR count). The third kappa shape index (κ3) is 3.70. The van der Waals surface area contributed by atoms with E-state index in [9.17, 15) is 24.6 Å². The van der Waals surface area contributed by atoms with E-state index in [1.54, 1.807) is 13.8 Å². The van der Waals surface area contributed by atoms with E-state index in [2.05, 4.69) is 0 Å². The van der Waals surface area contributed by atoms with Gasteiger partial charge in [0.2, 0.25) is 5.60 Å². The molecular formula is C30H40F2O7. The van der Waals surface area contributed by atoms with Crippen molar-refractivity contribution >= 4 is 17.9 Å². The molecule has 39 heavy (non-hydrogen) atoms. The van der Waals surface area contributed by atoms with Gasteiger partial charge in [-0.2, -0.15) is 0 Å². The molecule has 0 bridgehead atoms. The van der Waals surface area contributed by atoms with Gasteiger partial charge < -0.3 is 19.7 Å². The number of carboxylic acids is 1. The summed E-state index contributed by atoms with van der Waals surface area (Å²) in [6.45, 7) is 6.66. The summed E-state index contributed by atoms with van der Waals surface area (Å²) >= 11 is 0. The first-order valence-electron chi connectivity index (χ1n) is 14.4. The van der Waals surface area contributed by atoms with Crippen LogP contribution in [0.5, 0.6) is 0 Å².